The van der Waals surface area contributed by atoms with Crippen LogP contribution in [0, 0.1) is 20.2 Å². The number of nitrogens with zero attached hydrogens (tertiary/aromatic N) is 9. The van der Waals surface area contributed by atoms with Crippen molar-refractivity contribution in [2.75, 3.05) is 13.1 Å². The Labute approximate surface area is 286 Å². The zero-order chi connectivity index (χ0) is 35.6. The molecule has 1 saturated carbocycles. The molecular formula is C32H39N10O8+. The normalized spacial score (nSPS) is 16.1. The van der Waals surface area contributed by atoms with Crippen molar-refractivity contribution in [3.8, 4) is 0 Å². The van der Waals surface area contributed by atoms with E-state index in [2.05, 4.69) is 29.7 Å². The van der Waals surface area contributed by atoms with Crippen molar-refractivity contribution in [2.24, 2.45) is 0 Å². The molecule has 18 heteroatoms. The third-order valence-electron chi connectivity index (χ3n) is 8.87. The molecule has 3 N–H and O–H groups in total. The summed E-state index contributed by atoms with van der Waals surface area (Å²) < 4.78 is 3.04. The number of nitrogens with one attached hydrogen (secondary N) is 1. The number of rotatable bonds is 18. The fraction of sp³-hybridized carbons (Fsp3) is 0.438. The number of hydrogen-bond acceptors (Lipinski definition) is 11. The number of carboxylic acids is 2. The molecule has 18 nitrogen and oxygen atoms in total. The molecule has 0 unspecified atom stereocenters. The highest BCUT2D eigenvalue weighted by Crippen LogP contribution is 2.30. The molecule has 0 bridgehead atoms. The smallest absolute Gasteiger partial charge is 0.477 e. The van der Waals surface area contributed by atoms with Gasteiger partial charge >= 0.3 is 23.8 Å². The number of carboxylic acid groups (broad SMARTS) is 2. The first-order valence-corrected chi connectivity index (χ1v) is 16.3. The van der Waals surface area contributed by atoms with Gasteiger partial charge in [-0.15, -0.1) is 0 Å². The summed E-state index contributed by atoms with van der Waals surface area (Å²) in [5, 5.41) is 42.1. The fourth-order valence-corrected chi connectivity index (χ4v) is 6.69. The molecule has 1 fully saturated rings. The van der Waals surface area contributed by atoms with Gasteiger partial charge in [0.1, 0.15) is 30.3 Å². The molecule has 1 aliphatic rings. The van der Waals surface area contributed by atoms with Crippen LogP contribution in [0.15, 0.2) is 61.2 Å². The van der Waals surface area contributed by atoms with Crippen LogP contribution in [0.4, 0.5) is 11.9 Å². The van der Waals surface area contributed by atoms with Gasteiger partial charge in [-0.05, 0) is 48.5 Å². The van der Waals surface area contributed by atoms with Crippen LogP contribution in [0.1, 0.15) is 70.9 Å². The Morgan fingerprint density at radius 1 is 0.900 bits per heavy atom. The van der Waals surface area contributed by atoms with Crippen LogP contribution in [-0.2, 0) is 26.2 Å². The van der Waals surface area contributed by atoms with Crippen LogP contribution < -0.4 is 4.57 Å². The predicted molar refractivity (Wildman–Crippen MR) is 175 cm³/mol. The van der Waals surface area contributed by atoms with Crippen LogP contribution >= 0.6 is 0 Å². The lowest BCUT2D eigenvalue weighted by molar-refractivity contribution is -0.735. The first-order chi connectivity index (χ1) is 24.1. The van der Waals surface area contributed by atoms with Crippen molar-refractivity contribution < 1.29 is 34.2 Å². The van der Waals surface area contributed by atoms with Gasteiger partial charge in [-0.3, -0.25) is 9.80 Å². The number of aromatic amines is 1. The average molecular weight is 692 g/mol. The van der Waals surface area contributed by atoms with Gasteiger partial charge in [0.2, 0.25) is 0 Å². The number of aromatic carboxylic acids is 2. The van der Waals surface area contributed by atoms with E-state index in [1.165, 1.54) is 29.1 Å². The number of imidazole rings is 2. The highest BCUT2D eigenvalue weighted by molar-refractivity contribution is 5.85. The van der Waals surface area contributed by atoms with E-state index in [-0.39, 0.29) is 35.4 Å². The summed E-state index contributed by atoms with van der Waals surface area (Å²) in [4.78, 5) is 65.2. The van der Waals surface area contributed by atoms with Gasteiger partial charge in [-0.25, -0.2) is 24.1 Å². The van der Waals surface area contributed by atoms with E-state index < -0.39 is 21.8 Å². The number of aryl methyl sites for hydroxylation is 2. The lowest BCUT2D eigenvalue weighted by Crippen LogP contribution is -2.54. The number of pyridine rings is 2. The molecule has 2 atom stereocenters. The van der Waals surface area contributed by atoms with Gasteiger partial charge in [0.25, 0.3) is 0 Å². The van der Waals surface area contributed by atoms with Crippen molar-refractivity contribution >= 4 is 23.8 Å². The summed E-state index contributed by atoms with van der Waals surface area (Å²) in [6.45, 7) is 2.42. The largest absolute Gasteiger partial charge is 0.577 e. The van der Waals surface area contributed by atoms with Crippen LogP contribution in [-0.4, -0.2) is 91.5 Å². The lowest BCUT2D eigenvalue weighted by Gasteiger charge is -2.45. The molecule has 50 heavy (non-hydrogen) atoms. The second-order valence-corrected chi connectivity index (χ2v) is 12.1. The van der Waals surface area contributed by atoms with Crippen molar-refractivity contribution in [3.05, 3.63) is 104 Å². The molecule has 0 saturated heterocycles. The Kier molecular flexibility index (Phi) is 11.9. The zero-order valence-electron chi connectivity index (χ0n) is 27.3. The van der Waals surface area contributed by atoms with Crippen molar-refractivity contribution in [1.82, 2.24) is 34.3 Å². The first-order valence-electron chi connectivity index (χ1n) is 16.3. The monoisotopic (exact) mass is 691 g/mol. The van der Waals surface area contributed by atoms with E-state index in [1.807, 2.05) is 0 Å². The van der Waals surface area contributed by atoms with Crippen LogP contribution in [0.2, 0.25) is 0 Å². The van der Waals surface area contributed by atoms with Gasteiger partial charge in [-0.2, -0.15) is 9.55 Å². The van der Waals surface area contributed by atoms with Crippen molar-refractivity contribution in [3.63, 3.8) is 0 Å². The summed E-state index contributed by atoms with van der Waals surface area (Å²) in [6.07, 6.45) is 10.7. The molecule has 0 spiro atoms. The van der Waals surface area contributed by atoms with E-state index in [1.54, 1.807) is 41.2 Å². The second-order valence-electron chi connectivity index (χ2n) is 12.1. The fourth-order valence-electron chi connectivity index (χ4n) is 6.69. The molecule has 0 aliphatic heterocycles. The molecule has 4 heterocycles. The minimum atomic E-state index is -1.14. The maximum absolute atomic E-state index is 11.7. The Hall–Kier alpha value is -5.62. The average Bonchev–Trinajstić information content (AvgIpc) is 3.78. The molecule has 0 aromatic carbocycles. The maximum atomic E-state index is 11.7. The topological polar surface area (TPSA) is 231 Å². The summed E-state index contributed by atoms with van der Waals surface area (Å²) in [5.74, 6) is -2.64. The van der Waals surface area contributed by atoms with Crippen molar-refractivity contribution in [2.45, 2.75) is 76.8 Å². The lowest BCUT2D eigenvalue weighted by atomic mass is 9.87. The van der Waals surface area contributed by atoms with Crippen LogP contribution in [0.25, 0.3) is 0 Å². The first kappa shape index (κ1) is 35.7. The van der Waals surface area contributed by atoms with E-state index >= 15 is 0 Å². The number of H-pyrrole nitrogens is 1. The summed E-state index contributed by atoms with van der Waals surface area (Å²) in [6, 6.07) is 9.64. The van der Waals surface area contributed by atoms with Gasteiger partial charge in [-0.1, -0.05) is 30.0 Å². The Bertz CT molecular complexity index is 1680. The summed E-state index contributed by atoms with van der Waals surface area (Å²) in [5.41, 5.74) is 1.01. The molecule has 5 rings (SSSR count). The Balaban J connectivity index is 1.43. The number of nitro groups is 2. The Morgan fingerprint density at radius 3 is 2.02 bits per heavy atom. The highest BCUT2D eigenvalue weighted by Gasteiger charge is 2.35. The van der Waals surface area contributed by atoms with Gasteiger partial charge < -0.3 is 30.4 Å². The SMILES string of the molecule is O=C(O)c1cccc(CN(CCCn2ccnc2[N+](=O)[O-])[C@@H]2CCCC[C@H]2N(CCC[n+]2cc[nH]c2[N+](=O)[O-])Cc2cccc(C(=O)O)n2)n1. The maximum Gasteiger partial charge on any atom is 0.577 e. The number of hydrogen-bond donors (Lipinski definition) is 3. The molecule has 4 aromatic heterocycles. The Morgan fingerprint density at radius 2 is 1.48 bits per heavy atom. The quantitative estimate of drug-likeness (QED) is 0.0773. The number of carbonyl (C=O) groups is 2. The predicted octanol–water partition coefficient (Wildman–Crippen LogP) is 3.30. The molecule has 264 valence electrons. The summed E-state index contributed by atoms with van der Waals surface area (Å²) in [7, 11) is 0. The van der Waals surface area contributed by atoms with E-state index in [0.717, 1.165) is 25.7 Å². The summed E-state index contributed by atoms with van der Waals surface area (Å²) >= 11 is 0. The molecule has 1 aliphatic carbocycles. The highest BCUT2D eigenvalue weighted by atomic mass is 16.6. The zero-order valence-corrected chi connectivity index (χ0v) is 27.3. The third kappa shape index (κ3) is 9.08. The molecule has 4 aromatic rings. The molecule has 0 amide bonds. The second kappa shape index (κ2) is 16.7. The standard InChI is InChI=1S/C32H38N10O8/c43-29(44)25-9-3-7-23(35-25)21-39(17-5-15-37-19-13-33-31(37)41(47)48)27-11-1-2-12-28(27)40(22-24-8-4-10-26(36-24)30(45)46)18-6-16-38-20-14-34-32(38)42(49)50/h3-4,7-10,13-14,19-20,27-28H,1-2,5-6,11-12,15-18,21-22H2,(H2,43,44,45,46)/p+1/t27-,28-/m1/s1. The van der Waals surface area contributed by atoms with Gasteiger partial charge in [0, 0.05) is 44.7 Å². The van der Waals surface area contributed by atoms with Crippen molar-refractivity contribution in [1.29, 1.82) is 0 Å². The van der Waals surface area contributed by atoms with E-state index in [4.69, 9.17) is 0 Å². The van der Waals surface area contributed by atoms with Gasteiger partial charge in [0.15, 0.2) is 12.4 Å². The third-order valence-corrected chi connectivity index (χ3v) is 8.87. The van der Waals surface area contributed by atoms with Crippen LogP contribution in [0.3, 0.4) is 0 Å². The number of aromatic nitrogens is 6. The van der Waals surface area contributed by atoms with E-state index in [0.29, 0.717) is 63.5 Å². The minimum absolute atomic E-state index is 0.0458. The van der Waals surface area contributed by atoms with Gasteiger partial charge in [0.05, 0.1) is 22.9 Å². The van der Waals surface area contributed by atoms with Crippen LogP contribution in [0.5, 0.6) is 0 Å². The molecular weight excluding hydrogens is 652 g/mol. The molecule has 0 radical (unpaired) electrons. The minimum Gasteiger partial charge on any atom is -0.477 e. The van der Waals surface area contributed by atoms with E-state index in [9.17, 15) is 40.0 Å².